The summed E-state index contributed by atoms with van der Waals surface area (Å²) in [5, 5.41) is 0. The minimum absolute atomic E-state index is 0.00773. The van der Waals surface area contributed by atoms with Crippen molar-refractivity contribution in [1.29, 1.82) is 0 Å². The van der Waals surface area contributed by atoms with Gasteiger partial charge in [-0.15, -0.1) is 0 Å². The maximum atomic E-state index is 14.3. The van der Waals surface area contributed by atoms with Crippen LogP contribution >= 0.6 is 0 Å². The first-order chi connectivity index (χ1) is 13.0. The van der Waals surface area contributed by atoms with E-state index in [9.17, 15) is 9.18 Å². The van der Waals surface area contributed by atoms with E-state index < -0.39 is 18.5 Å². The number of nitrogen functional groups attached to an aromatic ring is 1. The van der Waals surface area contributed by atoms with Crippen molar-refractivity contribution in [1.82, 2.24) is 19.1 Å². The summed E-state index contributed by atoms with van der Waals surface area (Å²) in [6.45, 7) is 8.40. The van der Waals surface area contributed by atoms with E-state index >= 15 is 0 Å². The molecule has 0 aliphatic carbocycles. The summed E-state index contributed by atoms with van der Waals surface area (Å²) >= 11 is 0. The van der Waals surface area contributed by atoms with Crippen LogP contribution in [0.4, 0.5) is 10.3 Å². The Morgan fingerprint density at radius 3 is 2.59 bits per heavy atom. The molecule has 2 aromatic rings. The van der Waals surface area contributed by atoms with Gasteiger partial charge in [0.2, 0.25) is 11.8 Å². The van der Waals surface area contributed by atoms with Gasteiger partial charge in [-0.3, -0.25) is 4.57 Å². The second kappa shape index (κ2) is 9.16. The van der Waals surface area contributed by atoms with Crippen molar-refractivity contribution in [2.45, 2.75) is 78.4 Å². The molecule has 0 saturated carbocycles. The first-order valence-corrected chi connectivity index (χ1v) is 9.63. The SMILES string of the molecule is CC.CCCC1OC(n2c(=O)n(CCC)c3c(OC)nc(N)nc32)CC1F. The van der Waals surface area contributed by atoms with Gasteiger partial charge in [0.1, 0.15) is 12.4 Å². The average molecular weight is 383 g/mol. The van der Waals surface area contributed by atoms with Crippen molar-refractivity contribution in [3.05, 3.63) is 10.5 Å². The van der Waals surface area contributed by atoms with Crippen LogP contribution in [0.2, 0.25) is 0 Å². The fourth-order valence-electron chi connectivity index (χ4n) is 3.38. The Morgan fingerprint density at radius 2 is 2.00 bits per heavy atom. The molecule has 152 valence electrons. The molecule has 1 aliphatic rings. The molecule has 1 saturated heterocycles. The second-order valence-corrected chi connectivity index (χ2v) is 6.24. The molecule has 27 heavy (non-hydrogen) atoms. The van der Waals surface area contributed by atoms with Gasteiger partial charge in [0.05, 0.1) is 13.2 Å². The van der Waals surface area contributed by atoms with Gasteiger partial charge in [-0.25, -0.2) is 13.8 Å². The van der Waals surface area contributed by atoms with Crippen molar-refractivity contribution in [3.8, 4) is 5.88 Å². The van der Waals surface area contributed by atoms with Gasteiger partial charge in [-0.2, -0.15) is 9.97 Å². The molecule has 1 fully saturated rings. The second-order valence-electron chi connectivity index (χ2n) is 6.24. The van der Waals surface area contributed by atoms with Gasteiger partial charge >= 0.3 is 5.69 Å². The third-order valence-corrected chi connectivity index (χ3v) is 4.45. The molecule has 3 rings (SSSR count). The highest BCUT2D eigenvalue weighted by molar-refractivity contribution is 5.78. The van der Waals surface area contributed by atoms with E-state index in [1.54, 1.807) is 0 Å². The van der Waals surface area contributed by atoms with Gasteiger partial charge in [0.25, 0.3) is 0 Å². The number of halogens is 1. The Hall–Kier alpha value is -2.16. The summed E-state index contributed by atoms with van der Waals surface area (Å²) in [6.07, 6.45) is -0.0495. The molecule has 0 radical (unpaired) electrons. The monoisotopic (exact) mass is 383 g/mol. The number of hydrogen-bond donors (Lipinski definition) is 1. The van der Waals surface area contributed by atoms with E-state index in [0.717, 1.165) is 12.8 Å². The lowest BCUT2D eigenvalue weighted by atomic mass is 10.1. The fourth-order valence-corrected chi connectivity index (χ4v) is 3.38. The number of aryl methyl sites for hydroxylation is 1. The molecule has 3 atom stereocenters. The zero-order valence-corrected chi connectivity index (χ0v) is 16.7. The van der Waals surface area contributed by atoms with Gasteiger partial charge < -0.3 is 15.2 Å². The summed E-state index contributed by atoms with van der Waals surface area (Å²) in [7, 11) is 1.46. The third-order valence-electron chi connectivity index (χ3n) is 4.45. The summed E-state index contributed by atoms with van der Waals surface area (Å²) in [5.74, 6) is 0.221. The number of methoxy groups -OCH3 is 1. The number of aromatic nitrogens is 4. The van der Waals surface area contributed by atoms with E-state index in [0.29, 0.717) is 24.1 Å². The number of alkyl halides is 1. The predicted octanol–water partition coefficient (Wildman–Crippen LogP) is 3.05. The molecule has 1 aliphatic heterocycles. The Balaban J connectivity index is 0.00000126. The number of nitrogens with zero attached hydrogens (tertiary/aromatic N) is 4. The standard InChI is InChI=1S/C16H24FN5O3.C2H6/c1-4-6-10-9(17)8-11(25-10)22-13-12(21(7-5-2)16(22)23)14(24-3)20-15(18)19-13;1-2/h9-11H,4-8H2,1-3H3,(H2,18,19,20);1-2H3. The number of anilines is 1. The zero-order chi connectivity index (χ0) is 20.1. The summed E-state index contributed by atoms with van der Waals surface area (Å²) in [4.78, 5) is 21.2. The van der Waals surface area contributed by atoms with Crippen molar-refractivity contribution in [3.63, 3.8) is 0 Å². The molecule has 0 spiro atoms. The average Bonchev–Trinajstić information content (AvgIpc) is 3.14. The molecule has 9 heteroatoms. The van der Waals surface area contributed by atoms with E-state index in [4.69, 9.17) is 15.2 Å². The minimum Gasteiger partial charge on any atom is -0.479 e. The molecule has 0 bridgehead atoms. The van der Waals surface area contributed by atoms with Crippen molar-refractivity contribution < 1.29 is 13.9 Å². The molecule has 2 N–H and O–H groups in total. The highest BCUT2D eigenvalue weighted by atomic mass is 19.1. The highest BCUT2D eigenvalue weighted by Gasteiger charge is 2.38. The predicted molar refractivity (Wildman–Crippen MR) is 103 cm³/mol. The van der Waals surface area contributed by atoms with Crippen LogP contribution in [0, 0.1) is 0 Å². The van der Waals surface area contributed by atoms with Crippen LogP contribution in [0.5, 0.6) is 5.88 Å². The number of imidazole rings is 1. The quantitative estimate of drug-likeness (QED) is 0.823. The fraction of sp³-hybridized carbons (Fsp3) is 0.722. The molecule has 2 aromatic heterocycles. The van der Waals surface area contributed by atoms with E-state index in [-0.39, 0.29) is 23.9 Å². The molecule has 3 unspecified atom stereocenters. The van der Waals surface area contributed by atoms with Crippen LogP contribution in [-0.2, 0) is 11.3 Å². The lowest BCUT2D eigenvalue weighted by Gasteiger charge is -2.14. The van der Waals surface area contributed by atoms with Crippen molar-refractivity contribution in [2.75, 3.05) is 12.8 Å². The Morgan fingerprint density at radius 1 is 1.30 bits per heavy atom. The van der Waals surface area contributed by atoms with E-state index in [1.807, 2.05) is 27.7 Å². The molecule has 0 aromatic carbocycles. The maximum Gasteiger partial charge on any atom is 0.332 e. The van der Waals surface area contributed by atoms with Gasteiger partial charge in [-0.05, 0) is 12.8 Å². The third kappa shape index (κ3) is 3.92. The van der Waals surface area contributed by atoms with E-state index in [1.165, 1.54) is 16.2 Å². The molecule has 3 heterocycles. The first kappa shape index (κ1) is 21.1. The number of ether oxygens (including phenoxy) is 2. The Labute approximate surface area is 158 Å². The minimum atomic E-state index is -1.11. The normalized spacial score (nSPS) is 21.9. The lowest BCUT2D eigenvalue weighted by molar-refractivity contribution is -0.0119. The summed E-state index contributed by atoms with van der Waals surface area (Å²) < 4.78 is 28.3. The van der Waals surface area contributed by atoms with Crippen LogP contribution in [-0.4, -0.2) is 38.5 Å². The van der Waals surface area contributed by atoms with Crippen molar-refractivity contribution in [2.24, 2.45) is 0 Å². The van der Waals surface area contributed by atoms with Gasteiger partial charge in [0, 0.05) is 13.0 Å². The number of rotatable bonds is 6. The highest BCUT2D eigenvalue weighted by Crippen LogP contribution is 2.35. The molecular weight excluding hydrogens is 353 g/mol. The first-order valence-electron chi connectivity index (χ1n) is 9.63. The van der Waals surface area contributed by atoms with Crippen LogP contribution in [0.1, 0.15) is 59.6 Å². The summed E-state index contributed by atoms with van der Waals surface area (Å²) in [5.41, 5.74) is 6.22. The number of fused-ring (bicyclic) bond motifs is 1. The smallest absolute Gasteiger partial charge is 0.332 e. The number of nitrogens with two attached hydrogens (primary N) is 1. The molecular formula is C18H30FN5O3. The van der Waals surface area contributed by atoms with E-state index in [2.05, 4.69) is 9.97 Å². The maximum absolute atomic E-state index is 14.3. The van der Waals surface area contributed by atoms with Crippen molar-refractivity contribution >= 4 is 17.1 Å². The molecule has 8 nitrogen and oxygen atoms in total. The zero-order valence-electron chi connectivity index (χ0n) is 16.7. The molecule has 0 amide bonds. The van der Waals surface area contributed by atoms with Gasteiger partial charge in [0.15, 0.2) is 11.2 Å². The largest absolute Gasteiger partial charge is 0.479 e. The topological polar surface area (TPSA) is 97.2 Å². The Bertz CT molecular complexity index is 819. The van der Waals surface area contributed by atoms with Crippen LogP contribution in [0.3, 0.4) is 0 Å². The number of hydrogen-bond acceptors (Lipinski definition) is 6. The van der Waals surface area contributed by atoms with Gasteiger partial charge in [-0.1, -0.05) is 34.1 Å². The van der Waals surface area contributed by atoms with Crippen LogP contribution in [0.15, 0.2) is 4.79 Å². The Kier molecular flexibility index (Phi) is 7.18. The lowest BCUT2D eigenvalue weighted by Crippen LogP contribution is -2.28. The van der Waals surface area contributed by atoms with Crippen LogP contribution in [0.25, 0.3) is 11.2 Å². The summed E-state index contributed by atoms with van der Waals surface area (Å²) in [6, 6.07) is 0. The van der Waals surface area contributed by atoms with Crippen LogP contribution < -0.4 is 16.2 Å².